The van der Waals surface area contributed by atoms with Crippen LogP contribution in [0.1, 0.15) is 44.5 Å². The van der Waals surface area contributed by atoms with Crippen LogP contribution < -0.4 is 5.32 Å². The summed E-state index contributed by atoms with van der Waals surface area (Å²) >= 11 is 6.18. The van der Waals surface area contributed by atoms with E-state index in [-0.39, 0.29) is 12.1 Å². The summed E-state index contributed by atoms with van der Waals surface area (Å²) in [5.41, 5.74) is 0.909. The second-order valence-electron chi connectivity index (χ2n) is 5.14. The SMILES string of the molecule is CCCc1nc(Cl)c(C)c(NC(C)C2CCCO2)n1. The molecule has 0 saturated carbocycles. The molecule has 106 valence electrons. The molecule has 1 saturated heterocycles. The molecule has 0 aromatic carbocycles. The molecule has 1 aromatic heterocycles. The van der Waals surface area contributed by atoms with E-state index in [9.17, 15) is 0 Å². The minimum Gasteiger partial charge on any atom is -0.376 e. The molecule has 2 unspecified atom stereocenters. The first-order chi connectivity index (χ1) is 9.11. The smallest absolute Gasteiger partial charge is 0.137 e. The second-order valence-corrected chi connectivity index (χ2v) is 5.50. The molecule has 1 aromatic rings. The maximum atomic E-state index is 6.18. The molecule has 1 aliphatic heterocycles. The van der Waals surface area contributed by atoms with Crippen LogP contribution in [-0.2, 0) is 11.2 Å². The van der Waals surface area contributed by atoms with Gasteiger partial charge in [0.05, 0.1) is 12.1 Å². The molecule has 1 aliphatic rings. The van der Waals surface area contributed by atoms with Crippen molar-refractivity contribution in [3.05, 3.63) is 16.5 Å². The lowest BCUT2D eigenvalue weighted by Crippen LogP contribution is -2.31. The maximum absolute atomic E-state index is 6.18. The molecule has 1 fully saturated rings. The van der Waals surface area contributed by atoms with E-state index in [0.29, 0.717) is 5.15 Å². The normalized spacial score (nSPS) is 20.5. The van der Waals surface area contributed by atoms with Gasteiger partial charge in [-0.05, 0) is 33.1 Å². The van der Waals surface area contributed by atoms with E-state index >= 15 is 0 Å². The highest BCUT2D eigenvalue weighted by molar-refractivity contribution is 6.30. The quantitative estimate of drug-likeness (QED) is 0.842. The van der Waals surface area contributed by atoms with Crippen molar-refractivity contribution in [2.75, 3.05) is 11.9 Å². The molecule has 0 aliphatic carbocycles. The average Bonchev–Trinajstić information content (AvgIpc) is 2.89. The van der Waals surface area contributed by atoms with E-state index in [2.05, 4.69) is 29.1 Å². The van der Waals surface area contributed by atoms with Crippen molar-refractivity contribution in [2.45, 2.75) is 58.6 Å². The van der Waals surface area contributed by atoms with E-state index in [1.807, 2.05) is 6.92 Å². The summed E-state index contributed by atoms with van der Waals surface area (Å²) in [6.07, 6.45) is 4.38. The third-order valence-corrected chi connectivity index (χ3v) is 3.86. The zero-order chi connectivity index (χ0) is 13.8. The maximum Gasteiger partial charge on any atom is 0.137 e. The van der Waals surface area contributed by atoms with Gasteiger partial charge in [-0.25, -0.2) is 9.97 Å². The lowest BCUT2D eigenvalue weighted by molar-refractivity contribution is 0.0995. The first kappa shape index (κ1) is 14.5. The fourth-order valence-corrected chi connectivity index (χ4v) is 2.50. The van der Waals surface area contributed by atoms with Crippen LogP contribution in [0.2, 0.25) is 5.15 Å². The fraction of sp³-hybridized carbons (Fsp3) is 0.714. The highest BCUT2D eigenvalue weighted by atomic mass is 35.5. The van der Waals surface area contributed by atoms with E-state index in [1.165, 1.54) is 0 Å². The Balaban J connectivity index is 2.13. The number of aromatic nitrogens is 2. The molecule has 1 N–H and O–H groups in total. The molecule has 2 atom stereocenters. The summed E-state index contributed by atoms with van der Waals surface area (Å²) in [4.78, 5) is 8.88. The summed E-state index contributed by atoms with van der Waals surface area (Å²) in [7, 11) is 0. The van der Waals surface area contributed by atoms with Crippen molar-refractivity contribution in [1.82, 2.24) is 9.97 Å². The summed E-state index contributed by atoms with van der Waals surface area (Å²) in [6, 6.07) is 0.238. The average molecular weight is 284 g/mol. The van der Waals surface area contributed by atoms with Gasteiger partial charge in [-0.15, -0.1) is 0 Å². The van der Waals surface area contributed by atoms with Crippen molar-refractivity contribution < 1.29 is 4.74 Å². The van der Waals surface area contributed by atoms with Crippen LogP contribution in [0, 0.1) is 6.92 Å². The van der Waals surface area contributed by atoms with Gasteiger partial charge in [0.15, 0.2) is 0 Å². The van der Waals surface area contributed by atoms with Crippen LogP contribution >= 0.6 is 11.6 Å². The predicted octanol–water partition coefficient (Wildman–Crippen LogP) is 3.37. The van der Waals surface area contributed by atoms with E-state index in [0.717, 1.165) is 49.5 Å². The van der Waals surface area contributed by atoms with Gasteiger partial charge >= 0.3 is 0 Å². The zero-order valence-electron chi connectivity index (χ0n) is 11.9. The van der Waals surface area contributed by atoms with Crippen LogP contribution in [-0.4, -0.2) is 28.7 Å². The number of rotatable bonds is 5. The standard InChI is InChI=1S/C14H22ClN3O/c1-4-6-12-17-13(15)9(2)14(18-12)16-10(3)11-7-5-8-19-11/h10-11H,4-8H2,1-3H3,(H,16,17,18). The summed E-state index contributed by atoms with van der Waals surface area (Å²) in [6.45, 7) is 7.05. The van der Waals surface area contributed by atoms with Crippen LogP contribution in [0.15, 0.2) is 0 Å². The Kier molecular flexibility index (Phi) is 4.99. The number of halogens is 1. The van der Waals surface area contributed by atoms with Gasteiger partial charge in [0.1, 0.15) is 16.8 Å². The van der Waals surface area contributed by atoms with Crippen molar-refractivity contribution in [3.63, 3.8) is 0 Å². The predicted molar refractivity (Wildman–Crippen MR) is 77.8 cm³/mol. The van der Waals surface area contributed by atoms with Gasteiger partial charge in [0.25, 0.3) is 0 Å². The van der Waals surface area contributed by atoms with Crippen LogP contribution in [0.5, 0.6) is 0 Å². The molecule has 0 bridgehead atoms. The lowest BCUT2D eigenvalue weighted by atomic mass is 10.1. The first-order valence-corrected chi connectivity index (χ1v) is 7.40. The molecule has 2 rings (SSSR count). The van der Waals surface area contributed by atoms with Gasteiger partial charge in [0, 0.05) is 18.6 Å². The number of aryl methyl sites for hydroxylation is 1. The monoisotopic (exact) mass is 283 g/mol. The number of nitrogens with one attached hydrogen (secondary N) is 1. The molecule has 0 radical (unpaired) electrons. The zero-order valence-corrected chi connectivity index (χ0v) is 12.6. The molecular formula is C14H22ClN3O. The minimum absolute atomic E-state index is 0.238. The van der Waals surface area contributed by atoms with Gasteiger partial charge in [-0.2, -0.15) is 0 Å². The van der Waals surface area contributed by atoms with Gasteiger partial charge < -0.3 is 10.1 Å². The molecule has 5 heteroatoms. The van der Waals surface area contributed by atoms with Crippen molar-refractivity contribution in [2.24, 2.45) is 0 Å². The Labute approximate surface area is 119 Å². The number of ether oxygens (including phenoxy) is 1. The number of hydrogen-bond acceptors (Lipinski definition) is 4. The van der Waals surface area contributed by atoms with Crippen LogP contribution in [0.25, 0.3) is 0 Å². The molecule has 0 spiro atoms. The van der Waals surface area contributed by atoms with Crippen LogP contribution in [0.3, 0.4) is 0 Å². The third-order valence-electron chi connectivity index (χ3n) is 3.49. The van der Waals surface area contributed by atoms with E-state index in [4.69, 9.17) is 16.3 Å². The Morgan fingerprint density at radius 3 is 2.89 bits per heavy atom. The topological polar surface area (TPSA) is 47.0 Å². The van der Waals surface area contributed by atoms with Gasteiger partial charge in [0.2, 0.25) is 0 Å². The Morgan fingerprint density at radius 1 is 1.47 bits per heavy atom. The molecule has 0 amide bonds. The Hall–Kier alpha value is -0.870. The van der Waals surface area contributed by atoms with Crippen molar-refractivity contribution >= 4 is 17.4 Å². The summed E-state index contributed by atoms with van der Waals surface area (Å²) < 4.78 is 5.70. The molecule has 4 nitrogen and oxygen atoms in total. The van der Waals surface area contributed by atoms with E-state index in [1.54, 1.807) is 0 Å². The number of hydrogen-bond donors (Lipinski definition) is 1. The van der Waals surface area contributed by atoms with E-state index < -0.39 is 0 Å². The largest absolute Gasteiger partial charge is 0.376 e. The van der Waals surface area contributed by atoms with Crippen molar-refractivity contribution in [1.29, 1.82) is 0 Å². The third kappa shape index (κ3) is 3.57. The van der Waals surface area contributed by atoms with Crippen LogP contribution in [0.4, 0.5) is 5.82 Å². The number of nitrogens with zero attached hydrogens (tertiary/aromatic N) is 2. The van der Waals surface area contributed by atoms with Gasteiger partial charge in [-0.1, -0.05) is 18.5 Å². The van der Waals surface area contributed by atoms with Crippen molar-refractivity contribution in [3.8, 4) is 0 Å². The Bertz CT molecular complexity index is 433. The molecular weight excluding hydrogens is 262 g/mol. The number of anilines is 1. The molecule has 2 heterocycles. The summed E-state index contributed by atoms with van der Waals surface area (Å²) in [5, 5.41) is 3.97. The lowest BCUT2D eigenvalue weighted by Gasteiger charge is -2.22. The first-order valence-electron chi connectivity index (χ1n) is 7.03. The summed E-state index contributed by atoms with van der Waals surface area (Å²) in [5.74, 6) is 1.64. The highest BCUT2D eigenvalue weighted by Gasteiger charge is 2.23. The second kappa shape index (κ2) is 6.53. The highest BCUT2D eigenvalue weighted by Crippen LogP contribution is 2.23. The molecule has 19 heavy (non-hydrogen) atoms. The van der Waals surface area contributed by atoms with Gasteiger partial charge in [-0.3, -0.25) is 0 Å². The fourth-order valence-electron chi connectivity index (χ4n) is 2.31. The minimum atomic E-state index is 0.238. The Morgan fingerprint density at radius 2 is 2.26 bits per heavy atom.